The SMILES string of the molecule is NCCCCc1ccccc1C1CCC1. The second-order valence-electron chi connectivity index (χ2n) is 4.57. The maximum absolute atomic E-state index is 5.53. The van der Waals surface area contributed by atoms with Gasteiger partial charge in [-0.15, -0.1) is 0 Å². The van der Waals surface area contributed by atoms with Crippen molar-refractivity contribution in [1.82, 2.24) is 0 Å². The van der Waals surface area contributed by atoms with E-state index in [2.05, 4.69) is 24.3 Å². The minimum absolute atomic E-state index is 0.825. The molecule has 0 radical (unpaired) electrons. The molecule has 0 saturated heterocycles. The summed E-state index contributed by atoms with van der Waals surface area (Å²) in [4.78, 5) is 0. The maximum Gasteiger partial charge on any atom is -0.00772 e. The molecule has 1 nitrogen and oxygen atoms in total. The Hall–Kier alpha value is -0.820. The average Bonchev–Trinajstić information content (AvgIpc) is 2.18. The van der Waals surface area contributed by atoms with Gasteiger partial charge in [-0.05, 0) is 55.7 Å². The van der Waals surface area contributed by atoms with Crippen LogP contribution in [0.15, 0.2) is 24.3 Å². The zero-order chi connectivity index (χ0) is 10.5. The fraction of sp³-hybridized carbons (Fsp3) is 0.571. The molecule has 1 aliphatic carbocycles. The fourth-order valence-corrected chi connectivity index (χ4v) is 2.34. The summed E-state index contributed by atoms with van der Waals surface area (Å²) in [5, 5.41) is 0. The molecule has 2 rings (SSSR count). The zero-order valence-electron chi connectivity index (χ0n) is 9.41. The number of benzene rings is 1. The minimum atomic E-state index is 0.825. The molecule has 1 heteroatoms. The Labute approximate surface area is 92.7 Å². The van der Waals surface area contributed by atoms with Gasteiger partial charge in [0.1, 0.15) is 0 Å². The van der Waals surface area contributed by atoms with Crippen LogP contribution in [0.2, 0.25) is 0 Å². The second kappa shape index (κ2) is 5.32. The predicted molar refractivity (Wildman–Crippen MR) is 65.0 cm³/mol. The van der Waals surface area contributed by atoms with E-state index in [4.69, 9.17) is 5.73 Å². The third kappa shape index (κ3) is 2.60. The van der Waals surface area contributed by atoms with E-state index >= 15 is 0 Å². The van der Waals surface area contributed by atoms with Gasteiger partial charge in [0.2, 0.25) is 0 Å². The van der Waals surface area contributed by atoms with Gasteiger partial charge < -0.3 is 5.73 Å². The molecule has 1 fully saturated rings. The fourth-order valence-electron chi connectivity index (χ4n) is 2.34. The van der Waals surface area contributed by atoms with Crippen LogP contribution in [0.25, 0.3) is 0 Å². The van der Waals surface area contributed by atoms with Crippen molar-refractivity contribution in [3.63, 3.8) is 0 Å². The summed E-state index contributed by atoms with van der Waals surface area (Å²) >= 11 is 0. The van der Waals surface area contributed by atoms with Gasteiger partial charge in [-0.3, -0.25) is 0 Å². The average molecular weight is 203 g/mol. The number of aryl methyl sites for hydroxylation is 1. The van der Waals surface area contributed by atoms with Crippen molar-refractivity contribution in [3.05, 3.63) is 35.4 Å². The summed E-state index contributed by atoms with van der Waals surface area (Å²) < 4.78 is 0. The first-order valence-corrected chi connectivity index (χ1v) is 6.19. The van der Waals surface area contributed by atoms with Crippen LogP contribution in [0.1, 0.15) is 49.1 Å². The van der Waals surface area contributed by atoms with E-state index in [1.54, 1.807) is 11.1 Å². The van der Waals surface area contributed by atoms with E-state index in [0.717, 1.165) is 18.9 Å². The van der Waals surface area contributed by atoms with Crippen molar-refractivity contribution in [3.8, 4) is 0 Å². The van der Waals surface area contributed by atoms with E-state index in [1.807, 2.05) is 0 Å². The molecule has 0 bridgehead atoms. The highest BCUT2D eigenvalue weighted by molar-refractivity contribution is 5.31. The third-order valence-electron chi connectivity index (χ3n) is 3.50. The highest BCUT2D eigenvalue weighted by Crippen LogP contribution is 2.38. The number of hydrogen-bond donors (Lipinski definition) is 1. The van der Waals surface area contributed by atoms with Crippen LogP contribution in [-0.2, 0) is 6.42 Å². The Morgan fingerprint density at radius 2 is 1.93 bits per heavy atom. The lowest BCUT2D eigenvalue weighted by atomic mass is 9.77. The molecule has 0 heterocycles. The zero-order valence-corrected chi connectivity index (χ0v) is 9.41. The molecule has 2 N–H and O–H groups in total. The monoisotopic (exact) mass is 203 g/mol. The van der Waals surface area contributed by atoms with Crippen molar-refractivity contribution in [1.29, 1.82) is 0 Å². The van der Waals surface area contributed by atoms with Gasteiger partial charge in [0, 0.05) is 0 Å². The summed E-state index contributed by atoms with van der Waals surface area (Å²) in [5.74, 6) is 0.860. The highest BCUT2D eigenvalue weighted by Gasteiger charge is 2.21. The lowest BCUT2D eigenvalue weighted by Crippen LogP contribution is -2.11. The van der Waals surface area contributed by atoms with Gasteiger partial charge in [0.25, 0.3) is 0 Å². The first-order chi connectivity index (χ1) is 7.42. The van der Waals surface area contributed by atoms with Gasteiger partial charge >= 0.3 is 0 Å². The molecule has 0 unspecified atom stereocenters. The van der Waals surface area contributed by atoms with Crippen molar-refractivity contribution in [2.24, 2.45) is 5.73 Å². The number of hydrogen-bond acceptors (Lipinski definition) is 1. The second-order valence-corrected chi connectivity index (χ2v) is 4.57. The summed E-state index contributed by atoms with van der Waals surface area (Å²) in [6, 6.07) is 8.96. The Bertz CT molecular complexity index is 302. The Kier molecular flexibility index (Phi) is 3.79. The molecular formula is C14H21N. The van der Waals surface area contributed by atoms with Gasteiger partial charge in [0.05, 0.1) is 0 Å². The quantitative estimate of drug-likeness (QED) is 0.730. The van der Waals surface area contributed by atoms with Crippen LogP contribution < -0.4 is 5.73 Å². The van der Waals surface area contributed by atoms with E-state index in [9.17, 15) is 0 Å². The molecule has 1 saturated carbocycles. The van der Waals surface area contributed by atoms with Crippen LogP contribution >= 0.6 is 0 Å². The number of rotatable bonds is 5. The van der Waals surface area contributed by atoms with Crippen molar-refractivity contribution >= 4 is 0 Å². The largest absolute Gasteiger partial charge is 0.330 e. The lowest BCUT2D eigenvalue weighted by Gasteiger charge is -2.28. The topological polar surface area (TPSA) is 26.0 Å². The molecule has 1 aromatic rings. The predicted octanol–water partition coefficient (Wildman–Crippen LogP) is 3.24. The van der Waals surface area contributed by atoms with Gasteiger partial charge in [0.15, 0.2) is 0 Å². The Balaban J connectivity index is 2.01. The molecule has 0 aliphatic heterocycles. The van der Waals surface area contributed by atoms with E-state index in [1.165, 1.54) is 32.1 Å². The smallest absolute Gasteiger partial charge is 0.00772 e. The molecular weight excluding hydrogens is 182 g/mol. The van der Waals surface area contributed by atoms with E-state index in [0.29, 0.717) is 0 Å². The molecule has 1 aromatic carbocycles. The Morgan fingerprint density at radius 3 is 2.60 bits per heavy atom. The highest BCUT2D eigenvalue weighted by atomic mass is 14.5. The molecule has 15 heavy (non-hydrogen) atoms. The normalized spacial score (nSPS) is 16.3. The van der Waals surface area contributed by atoms with Gasteiger partial charge in [-0.2, -0.15) is 0 Å². The Morgan fingerprint density at radius 1 is 1.13 bits per heavy atom. The van der Waals surface area contributed by atoms with Crippen LogP contribution in [0.3, 0.4) is 0 Å². The first kappa shape index (κ1) is 10.7. The first-order valence-electron chi connectivity index (χ1n) is 6.19. The van der Waals surface area contributed by atoms with Crippen molar-refractivity contribution in [2.75, 3.05) is 6.54 Å². The summed E-state index contributed by atoms with van der Waals surface area (Å²) in [6.07, 6.45) is 7.81. The van der Waals surface area contributed by atoms with Gasteiger partial charge in [-0.1, -0.05) is 30.7 Å². The van der Waals surface area contributed by atoms with Crippen LogP contribution in [-0.4, -0.2) is 6.54 Å². The van der Waals surface area contributed by atoms with Crippen LogP contribution in [0.4, 0.5) is 0 Å². The minimum Gasteiger partial charge on any atom is -0.330 e. The molecule has 0 amide bonds. The third-order valence-corrected chi connectivity index (χ3v) is 3.50. The molecule has 82 valence electrons. The lowest BCUT2D eigenvalue weighted by molar-refractivity contribution is 0.417. The summed E-state index contributed by atoms with van der Waals surface area (Å²) in [6.45, 7) is 0.825. The maximum atomic E-state index is 5.53. The summed E-state index contributed by atoms with van der Waals surface area (Å²) in [7, 11) is 0. The van der Waals surface area contributed by atoms with E-state index in [-0.39, 0.29) is 0 Å². The van der Waals surface area contributed by atoms with Gasteiger partial charge in [-0.25, -0.2) is 0 Å². The molecule has 0 atom stereocenters. The molecule has 0 spiro atoms. The summed E-state index contributed by atoms with van der Waals surface area (Å²) in [5.41, 5.74) is 8.71. The van der Waals surface area contributed by atoms with Crippen molar-refractivity contribution in [2.45, 2.75) is 44.4 Å². The van der Waals surface area contributed by atoms with Crippen molar-refractivity contribution < 1.29 is 0 Å². The van der Waals surface area contributed by atoms with Crippen LogP contribution in [0.5, 0.6) is 0 Å². The van der Waals surface area contributed by atoms with Crippen LogP contribution in [0, 0.1) is 0 Å². The van der Waals surface area contributed by atoms with E-state index < -0.39 is 0 Å². The number of unbranched alkanes of at least 4 members (excludes halogenated alkanes) is 1. The number of nitrogens with two attached hydrogens (primary N) is 1. The standard InChI is InChI=1S/C14H21N/c15-11-4-3-7-12-6-1-2-10-14(12)13-8-5-9-13/h1-2,6,10,13H,3-5,7-9,11,15H2. The molecule has 1 aliphatic rings. The molecule has 0 aromatic heterocycles.